The Morgan fingerprint density at radius 2 is 1.69 bits per heavy atom. The van der Waals surface area contributed by atoms with E-state index in [0.29, 0.717) is 48.6 Å². The number of rotatable bonds is 7. The number of nitrogens with zero attached hydrogens (tertiary/aromatic N) is 1. The number of halogens is 1. The van der Waals surface area contributed by atoms with Crippen molar-refractivity contribution in [3.63, 3.8) is 0 Å². The van der Waals surface area contributed by atoms with E-state index in [2.05, 4.69) is 15.4 Å². The van der Waals surface area contributed by atoms with Crippen LogP contribution < -0.4 is 20.1 Å². The third-order valence-corrected chi connectivity index (χ3v) is 12.8. The number of carbonyl (C=O) groups is 4. The first-order valence-corrected chi connectivity index (χ1v) is 20.3. The first kappa shape index (κ1) is 36.3. The van der Waals surface area contributed by atoms with Crippen LogP contribution >= 0.6 is 11.6 Å². The number of nitrogens with one attached hydrogen (secondary N) is 3. The molecule has 278 valence electrons. The number of ether oxygens (including phenoxy) is 2. The van der Waals surface area contributed by atoms with E-state index in [-0.39, 0.29) is 25.5 Å². The van der Waals surface area contributed by atoms with Crippen LogP contribution in [0.4, 0.5) is 4.79 Å². The molecule has 2 heterocycles. The summed E-state index contributed by atoms with van der Waals surface area (Å²) >= 11 is 6.16. The van der Waals surface area contributed by atoms with Crippen LogP contribution in [-0.4, -0.2) is 66.1 Å². The van der Waals surface area contributed by atoms with Gasteiger partial charge in [0.25, 0.3) is 5.91 Å². The zero-order chi connectivity index (χ0) is 36.5. The van der Waals surface area contributed by atoms with Crippen molar-refractivity contribution in [2.75, 3.05) is 0 Å². The van der Waals surface area contributed by atoms with Gasteiger partial charge in [0, 0.05) is 23.9 Å². The highest BCUT2D eigenvalue weighted by molar-refractivity contribution is 7.91. The van der Waals surface area contributed by atoms with E-state index in [0.717, 1.165) is 49.7 Å². The van der Waals surface area contributed by atoms with E-state index in [9.17, 15) is 27.6 Å². The molecule has 3 N–H and O–H groups in total. The van der Waals surface area contributed by atoms with E-state index in [1.807, 2.05) is 24.3 Å². The monoisotopic (exact) mass is 752 g/mol. The Morgan fingerprint density at radius 1 is 0.923 bits per heavy atom. The van der Waals surface area contributed by atoms with Crippen molar-refractivity contribution in [1.82, 2.24) is 20.3 Å². The fourth-order valence-corrected chi connectivity index (χ4v) is 9.11. The Kier molecular flexibility index (Phi) is 10.5. The summed E-state index contributed by atoms with van der Waals surface area (Å²) < 4.78 is 39.6. The lowest BCUT2D eigenvalue weighted by Crippen LogP contribution is -2.61. The van der Waals surface area contributed by atoms with E-state index in [1.165, 1.54) is 4.90 Å². The summed E-state index contributed by atoms with van der Waals surface area (Å²) in [5.74, 6) is -1.14. The molecule has 4 atom stereocenters. The first-order valence-electron chi connectivity index (χ1n) is 18.4. The predicted molar refractivity (Wildman–Crippen MR) is 193 cm³/mol. The summed E-state index contributed by atoms with van der Waals surface area (Å²) in [5, 5.41) is 5.64. The second-order valence-corrected chi connectivity index (χ2v) is 17.1. The first-order chi connectivity index (χ1) is 25.0. The van der Waals surface area contributed by atoms with Crippen molar-refractivity contribution in [3.8, 4) is 11.5 Å². The Balaban J connectivity index is 1.19. The number of carbonyl (C=O) groups excluding carboxylic acids is 4. The fourth-order valence-electron chi connectivity index (χ4n) is 7.56. The molecule has 12 nitrogen and oxygen atoms in total. The lowest BCUT2D eigenvalue weighted by atomic mass is 9.91. The molecule has 0 unspecified atom stereocenters. The predicted octanol–water partition coefficient (Wildman–Crippen LogP) is 5.43. The SMILES string of the molecule is O=C(N[C@H]1CCCCC/C=C\[C@@H]2C[C@@]2(C(=O)NS(=O)(=O)C2CC2)NC(=O)[C@@H]2Cc3cc(Oc4cccc(Cl)c4)ccc3CN2C1=O)OC1CCCC1. The summed E-state index contributed by atoms with van der Waals surface area (Å²) in [4.78, 5) is 57.3. The van der Waals surface area contributed by atoms with Gasteiger partial charge >= 0.3 is 6.09 Å². The molecule has 0 aromatic heterocycles. The molecule has 3 saturated carbocycles. The molecule has 5 aliphatic rings. The van der Waals surface area contributed by atoms with Gasteiger partial charge in [-0.05, 0) is 106 Å². The molecule has 52 heavy (non-hydrogen) atoms. The highest BCUT2D eigenvalue weighted by Gasteiger charge is 2.62. The minimum atomic E-state index is -3.88. The van der Waals surface area contributed by atoms with Crippen molar-refractivity contribution >= 4 is 45.4 Å². The molecular weight excluding hydrogens is 708 g/mol. The van der Waals surface area contributed by atoms with Gasteiger partial charge in [0.05, 0.1) is 5.25 Å². The molecule has 4 amide bonds. The molecule has 0 saturated heterocycles. The molecular formula is C38H45ClN4O8S. The number of sulfonamides is 1. The number of allylic oxidation sites excluding steroid dienone is 1. The summed E-state index contributed by atoms with van der Waals surface area (Å²) in [7, 11) is -3.88. The number of hydrogen-bond acceptors (Lipinski definition) is 8. The maximum Gasteiger partial charge on any atom is 0.408 e. The second-order valence-electron chi connectivity index (χ2n) is 14.7. The fraction of sp³-hybridized carbons (Fsp3) is 0.526. The van der Waals surface area contributed by atoms with Crippen LogP contribution in [0.2, 0.25) is 5.02 Å². The maximum atomic E-state index is 14.5. The second kappa shape index (κ2) is 15.1. The minimum absolute atomic E-state index is 0.0676. The highest BCUT2D eigenvalue weighted by atomic mass is 35.5. The molecule has 2 aromatic rings. The van der Waals surface area contributed by atoms with Gasteiger partial charge in [0.15, 0.2) is 0 Å². The smallest absolute Gasteiger partial charge is 0.408 e. The van der Waals surface area contributed by atoms with Crippen LogP contribution in [0.25, 0.3) is 0 Å². The van der Waals surface area contributed by atoms with E-state index >= 15 is 0 Å². The standard InChI is InChI=1S/C38H45ClN4O8S/c39-27-10-8-13-29(21-27)50-30-16-15-24-23-43-33(20-25(24)19-30)34(44)41-38(36(46)42-52(48,49)31-17-18-31)22-26(38)9-4-2-1-3-5-14-32(35(43)45)40-37(47)51-28-11-6-7-12-28/h4,8-10,13,15-16,19,21,26,28,31-33H,1-3,5-7,11-12,14,17-18,20,22-23H2,(H,40,47)(H,41,44)(H,42,46)/b9-4-/t26-,32+,33+,38-/m1/s1. The van der Waals surface area contributed by atoms with Crippen LogP contribution in [0.5, 0.6) is 11.5 Å². The van der Waals surface area contributed by atoms with Gasteiger partial charge in [-0.2, -0.15) is 0 Å². The summed E-state index contributed by atoms with van der Waals surface area (Å²) in [6, 6.07) is 10.4. The van der Waals surface area contributed by atoms with Crippen LogP contribution in [0.3, 0.4) is 0 Å². The van der Waals surface area contributed by atoms with Gasteiger partial charge < -0.3 is 25.0 Å². The van der Waals surface area contributed by atoms with Crippen molar-refractivity contribution in [2.45, 2.75) is 119 Å². The van der Waals surface area contributed by atoms with Crippen molar-refractivity contribution < 1.29 is 37.1 Å². The molecule has 3 fully saturated rings. The van der Waals surface area contributed by atoms with Gasteiger partial charge in [0.2, 0.25) is 21.8 Å². The van der Waals surface area contributed by atoms with Crippen LogP contribution in [0.1, 0.15) is 88.2 Å². The normalized spacial score (nSPS) is 27.4. The zero-order valence-electron chi connectivity index (χ0n) is 29.0. The van der Waals surface area contributed by atoms with Crippen LogP contribution in [0.15, 0.2) is 54.6 Å². The lowest BCUT2D eigenvalue weighted by molar-refractivity contribution is -0.144. The number of benzene rings is 2. The van der Waals surface area contributed by atoms with Gasteiger partial charge in [0.1, 0.15) is 35.2 Å². The molecule has 3 aliphatic carbocycles. The largest absolute Gasteiger partial charge is 0.457 e. The number of alkyl carbamates (subject to hydrolysis) is 1. The molecule has 0 bridgehead atoms. The molecule has 0 spiro atoms. The number of amides is 4. The topological polar surface area (TPSA) is 160 Å². The Bertz CT molecular complexity index is 1860. The molecule has 0 radical (unpaired) electrons. The van der Waals surface area contributed by atoms with E-state index in [1.54, 1.807) is 30.3 Å². The highest BCUT2D eigenvalue weighted by Crippen LogP contribution is 2.46. The minimum Gasteiger partial charge on any atom is -0.457 e. The molecule has 14 heteroatoms. The Labute approximate surface area is 309 Å². The van der Waals surface area contributed by atoms with E-state index < -0.39 is 62.6 Å². The third-order valence-electron chi connectivity index (χ3n) is 10.8. The molecule has 2 aromatic carbocycles. The number of fused-ring (bicyclic) bond motifs is 3. The summed E-state index contributed by atoms with van der Waals surface area (Å²) in [6.07, 6.45) is 11.2. The number of hydrogen-bond donors (Lipinski definition) is 3. The molecule has 2 aliphatic heterocycles. The van der Waals surface area contributed by atoms with Gasteiger partial charge in [-0.3, -0.25) is 19.1 Å². The Morgan fingerprint density at radius 3 is 2.46 bits per heavy atom. The lowest BCUT2D eigenvalue weighted by Gasteiger charge is -2.39. The van der Waals surface area contributed by atoms with Gasteiger partial charge in [-0.25, -0.2) is 13.2 Å². The average molecular weight is 753 g/mol. The van der Waals surface area contributed by atoms with E-state index in [4.69, 9.17) is 21.1 Å². The van der Waals surface area contributed by atoms with Crippen molar-refractivity contribution in [1.29, 1.82) is 0 Å². The van der Waals surface area contributed by atoms with Crippen LogP contribution in [0, 0.1) is 5.92 Å². The Hall–Kier alpha value is -4.10. The van der Waals surface area contributed by atoms with Gasteiger partial charge in [-0.1, -0.05) is 48.7 Å². The van der Waals surface area contributed by atoms with Crippen molar-refractivity contribution in [3.05, 3.63) is 70.8 Å². The maximum absolute atomic E-state index is 14.5. The zero-order valence-corrected chi connectivity index (χ0v) is 30.6. The van der Waals surface area contributed by atoms with Crippen molar-refractivity contribution in [2.24, 2.45) is 5.92 Å². The summed E-state index contributed by atoms with van der Waals surface area (Å²) in [5.41, 5.74) is 0.0930. The average Bonchev–Trinajstić information content (AvgIpc) is 4.03. The van der Waals surface area contributed by atoms with Gasteiger partial charge in [-0.15, -0.1) is 0 Å². The summed E-state index contributed by atoms with van der Waals surface area (Å²) in [6.45, 7) is 0.0676. The quantitative estimate of drug-likeness (QED) is 0.316. The van der Waals surface area contributed by atoms with Crippen LogP contribution in [-0.2, 0) is 42.1 Å². The third kappa shape index (κ3) is 8.25. The molecule has 7 rings (SSSR count).